The van der Waals surface area contributed by atoms with Gasteiger partial charge in [0.05, 0.1) is 25.8 Å². The number of ether oxygens (including phenoxy) is 3. The van der Waals surface area contributed by atoms with Crippen LogP contribution in [0.4, 0.5) is 0 Å². The van der Waals surface area contributed by atoms with E-state index in [2.05, 4.69) is 4.98 Å². The number of carbonyl (C=O) groups excluding carboxylic acids is 1. The summed E-state index contributed by atoms with van der Waals surface area (Å²) in [4.78, 5) is 16.0. The third-order valence-corrected chi connectivity index (χ3v) is 4.40. The Balaban J connectivity index is 1.71. The molecule has 22 heavy (non-hydrogen) atoms. The molecule has 1 aromatic carbocycles. The SMILES string of the molecule is COc1ccc(-c2nc(COC(=O)C3CC3)cs2)cc1OC. The Morgan fingerprint density at radius 3 is 2.73 bits per heavy atom. The summed E-state index contributed by atoms with van der Waals surface area (Å²) in [5.74, 6) is 1.35. The summed E-state index contributed by atoms with van der Waals surface area (Å²) in [5, 5.41) is 2.77. The first-order valence-corrected chi connectivity index (χ1v) is 7.92. The zero-order valence-electron chi connectivity index (χ0n) is 12.5. The van der Waals surface area contributed by atoms with Crippen molar-refractivity contribution in [3.63, 3.8) is 0 Å². The average molecular weight is 319 g/mol. The molecule has 0 saturated heterocycles. The molecule has 0 amide bonds. The van der Waals surface area contributed by atoms with Gasteiger partial charge in [-0.15, -0.1) is 11.3 Å². The van der Waals surface area contributed by atoms with Crippen molar-refractivity contribution in [1.82, 2.24) is 4.98 Å². The van der Waals surface area contributed by atoms with Crippen LogP contribution >= 0.6 is 11.3 Å². The number of hydrogen-bond acceptors (Lipinski definition) is 6. The van der Waals surface area contributed by atoms with Crippen LogP contribution in [0.3, 0.4) is 0 Å². The van der Waals surface area contributed by atoms with Gasteiger partial charge in [0.25, 0.3) is 0 Å². The number of thiazole rings is 1. The molecule has 116 valence electrons. The van der Waals surface area contributed by atoms with Crippen molar-refractivity contribution in [2.75, 3.05) is 14.2 Å². The average Bonchev–Trinajstić information content (AvgIpc) is 3.30. The summed E-state index contributed by atoms with van der Waals surface area (Å²) < 4.78 is 15.8. The van der Waals surface area contributed by atoms with Crippen molar-refractivity contribution in [2.45, 2.75) is 19.4 Å². The predicted octanol–water partition coefficient (Wildman–Crippen LogP) is 3.28. The number of nitrogens with zero attached hydrogens (tertiary/aromatic N) is 1. The first-order chi connectivity index (χ1) is 10.7. The Morgan fingerprint density at radius 1 is 1.27 bits per heavy atom. The van der Waals surface area contributed by atoms with E-state index in [1.807, 2.05) is 23.6 Å². The molecule has 0 N–H and O–H groups in total. The molecule has 1 fully saturated rings. The number of aromatic nitrogens is 1. The van der Waals surface area contributed by atoms with E-state index in [0.717, 1.165) is 29.1 Å². The van der Waals surface area contributed by atoms with E-state index in [1.54, 1.807) is 14.2 Å². The van der Waals surface area contributed by atoms with E-state index in [-0.39, 0.29) is 18.5 Å². The second-order valence-corrected chi connectivity index (χ2v) is 5.95. The molecule has 1 saturated carbocycles. The molecule has 0 bridgehead atoms. The Morgan fingerprint density at radius 2 is 2.05 bits per heavy atom. The minimum Gasteiger partial charge on any atom is -0.493 e. The summed E-state index contributed by atoms with van der Waals surface area (Å²) >= 11 is 1.51. The molecule has 0 spiro atoms. The molecule has 0 radical (unpaired) electrons. The third-order valence-electron chi connectivity index (χ3n) is 3.46. The summed E-state index contributed by atoms with van der Waals surface area (Å²) in [7, 11) is 3.21. The van der Waals surface area contributed by atoms with Crippen LogP contribution in [0.5, 0.6) is 11.5 Å². The van der Waals surface area contributed by atoms with Crippen LogP contribution in [0.2, 0.25) is 0 Å². The van der Waals surface area contributed by atoms with Gasteiger partial charge in [-0.2, -0.15) is 0 Å². The van der Waals surface area contributed by atoms with Crippen LogP contribution in [0, 0.1) is 5.92 Å². The van der Waals surface area contributed by atoms with Crippen molar-refractivity contribution >= 4 is 17.3 Å². The molecule has 1 heterocycles. The second kappa shape index (κ2) is 6.36. The Kier molecular flexibility index (Phi) is 4.29. The maximum absolute atomic E-state index is 11.5. The monoisotopic (exact) mass is 319 g/mol. The first kappa shape index (κ1) is 14.8. The predicted molar refractivity (Wildman–Crippen MR) is 83.2 cm³/mol. The van der Waals surface area contributed by atoms with Gasteiger partial charge in [-0.1, -0.05) is 0 Å². The molecular formula is C16H17NO4S. The standard InChI is InChI=1S/C16H17NO4S/c1-19-13-6-5-11(7-14(13)20-2)15-17-12(9-22-15)8-21-16(18)10-3-4-10/h5-7,9-10H,3-4,8H2,1-2H3. The van der Waals surface area contributed by atoms with Gasteiger partial charge in [0, 0.05) is 10.9 Å². The van der Waals surface area contributed by atoms with E-state index in [4.69, 9.17) is 14.2 Å². The minimum atomic E-state index is -0.110. The van der Waals surface area contributed by atoms with Crippen molar-refractivity contribution in [3.05, 3.63) is 29.3 Å². The maximum Gasteiger partial charge on any atom is 0.309 e. The van der Waals surface area contributed by atoms with Crippen molar-refractivity contribution < 1.29 is 19.0 Å². The fourth-order valence-electron chi connectivity index (χ4n) is 2.06. The zero-order chi connectivity index (χ0) is 15.5. The number of hydrogen-bond donors (Lipinski definition) is 0. The largest absolute Gasteiger partial charge is 0.493 e. The fraction of sp³-hybridized carbons (Fsp3) is 0.375. The summed E-state index contributed by atoms with van der Waals surface area (Å²) in [6.45, 7) is 0.235. The number of esters is 1. The zero-order valence-corrected chi connectivity index (χ0v) is 13.3. The van der Waals surface area contributed by atoms with E-state index in [9.17, 15) is 4.79 Å². The van der Waals surface area contributed by atoms with Gasteiger partial charge in [0.2, 0.25) is 0 Å². The van der Waals surface area contributed by atoms with E-state index < -0.39 is 0 Å². The second-order valence-electron chi connectivity index (χ2n) is 5.10. The van der Waals surface area contributed by atoms with Crippen molar-refractivity contribution in [1.29, 1.82) is 0 Å². The lowest BCUT2D eigenvalue weighted by atomic mass is 10.2. The molecular weight excluding hydrogens is 302 g/mol. The quantitative estimate of drug-likeness (QED) is 0.765. The topological polar surface area (TPSA) is 57.7 Å². The van der Waals surface area contributed by atoms with Gasteiger partial charge >= 0.3 is 5.97 Å². The molecule has 0 unspecified atom stereocenters. The van der Waals surface area contributed by atoms with Crippen LogP contribution in [-0.4, -0.2) is 25.2 Å². The molecule has 2 aromatic rings. The smallest absolute Gasteiger partial charge is 0.309 e. The number of carbonyl (C=O) groups is 1. The molecule has 1 aromatic heterocycles. The van der Waals surface area contributed by atoms with Crippen LogP contribution in [0.1, 0.15) is 18.5 Å². The lowest BCUT2D eigenvalue weighted by Gasteiger charge is -2.08. The normalized spacial score (nSPS) is 13.7. The van der Waals surface area contributed by atoms with Gasteiger partial charge in [0.15, 0.2) is 11.5 Å². The highest BCUT2D eigenvalue weighted by Gasteiger charge is 2.31. The van der Waals surface area contributed by atoms with Gasteiger partial charge < -0.3 is 14.2 Å². The number of rotatable bonds is 6. The fourth-order valence-corrected chi connectivity index (χ4v) is 2.86. The molecule has 0 atom stereocenters. The molecule has 0 aliphatic heterocycles. The van der Waals surface area contributed by atoms with Crippen LogP contribution in [0.25, 0.3) is 10.6 Å². The maximum atomic E-state index is 11.5. The van der Waals surface area contributed by atoms with Gasteiger partial charge in [-0.05, 0) is 31.0 Å². The highest BCUT2D eigenvalue weighted by Crippen LogP contribution is 2.34. The lowest BCUT2D eigenvalue weighted by molar-refractivity contribution is -0.146. The van der Waals surface area contributed by atoms with E-state index in [1.165, 1.54) is 11.3 Å². The highest BCUT2D eigenvalue weighted by molar-refractivity contribution is 7.13. The van der Waals surface area contributed by atoms with Crippen LogP contribution < -0.4 is 9.47 Å². The van der Waals surface area contributed by atoms with Crippen LogP contribution in [0.15, 0.2) is 23.6 Å². The first-order valence-electron chi connectivity index (χ1n) is 7.04. The summed E-state index contributed by atoms with van der Waals surface area (Å²) in [6, 6.07) is 5.67. The third kappa shape index (κ3) is 3.22. The Hall–Kier alpha value is -2.08. The molecule has 5 nitrogen and oxygen atoms in total. The van der Waals surface area contributed by atoms with Gasteiger partial charge in [-0.3, -0.25) is 4.79 Å². The molecule has 6 heteroatoms. The van der Waals surface area contributed by atoms with E-state index >= 15 is 0 Å². The lowest BCUT2D eigenvalue weighted by Crippen LogP contribution is -2.06. The van der Waals surface area contributed by atoms with Crippen molar-refractivity contribution in [2.24, 2.45) is 5.92 Å². The van der Waals surface area contributed by atoms with E-state index in [0.29, 0.717) is 11.5 Å². The van der Waals surface area contributed by atoms with Crippen LogP contribution in [-0.2, 0) is 16.1 Å². The van der Waals surface area contributed by atoms with Gasteiger partial charge in [0.1, 0.15) is 11.6 Å². The highest BCUT2D eigenvalue weighted by atomic mass is 32.1. The molecule has 1 aliphatic carbocycles. The van der Waals surface area contributed by atoms with Crippen molar-refractivity contribution in [3.8, 4) is 22.1 Å². The Bertz CT molecular complexity index is 679. The Labute approximate surface area is 132 Å². The summed E-state index contributed by atoms with van der Waals surface area (Å²) in [5.41, 5.74) is 1.71. The molecule has 3 rings (SSSR count). The number of methoxy groups -OCH3 is 2. The number of benzene rings is 1. The minimum absolute atomic E-state index is 0.110. The molecule has 1 aliphatic rings. The van der Waals surface area contributed by atoms with Gasteiger partial charge in [-0.25, -0.2) is 4.98 Å². The summed E-state index contributed by atoms with van der Waals surface area (Å²) in [6.07, 6.45) is 1.90.